The van der Waals surface area contributed by atoms with Crippen molar-refractivity contribution < 1.29 is 13.1 Å². The summed E-state index contributed by atoms with van der Waals surface area (Å²) in [4.78, 5) is 8.69. The fourth-order valence-electron chi connectivity index (χ4n) is 0. The molecule has 0 rings (SSSR count). The van der Waals surface area contributed by atoms with E-state index in [1.54, 1.807) is 0 Å². The zero-order valence-electron chi connectivity index (χ0n) is 4.59. The maximum absolute atomic E-state index is 8.69. The standard InChI is InChI=1S/Ba.H3N2O2.2H/c;1-2(3)4;;/h;1H2,(H,3,4);;/q+2;+1;2*-1. The number of hydrogen-bond acceptors (Lipinski definition) is 1. The molecule has 5 heteroatoms. The number of nitrogens with zero attached hydrogens (tertiary/aromatic N) is 1. The number of hydrazine groups is 1. The minimum absolute atomic E-state index is 0. The molecule has 0 aromatic carbocycles. The number of hydrogen-bond donors (Lipinski definition) is 2. The Balaban J connectivity index is -0.0000000150. The van der Waals surface area contributed by atoms with Crippen molar-refractivity contribution in [2.45, 2.75) is 0 Å². The summed E-state index contributed by atoms with van der Waals surface area (Å²) in [5.74, 6) is 3.94. The van der Waals surface area contributed by atoms with Gasteiger partial charge < -0.3 is 2.85 Å². The van der Waals surface area contributed by atoms with E-state index >= 15 is 0 Å². The SMILES string of the molecule is N[N+](=O)O.[Ba+2].[H-].[H-]. The average Bonchev–Trinajstić information content (AvgIpc) is 0.811. The third-order valence-corrected chi connectivity index (χ3v) is 0. The molecule has 0 unspecified atom stereocenters. The first kappa shape index (κ1) is 9.24. The molecular formula is H5BaN2O2+. The van der Waals surface area contributed by atoms with Gasteiger partial charge in [-0.1, -0.05) is 0 Å². The van der Waals surface area contributed by atoms with E-state index in [2.05, 4.69) is 5.84 Å². The Kier molecular flexibility index (Phi) is 8.82. The van der Waals surface area contributed by atoms with Crippen molar-refractivity contribution in [2.24, 2.45) is 5.84 Å². The van der Waals surface area contributed by atoms with Crippen LogP contribution in [-0.4, -0.2) is 59.1 Å². The van der Waals surface area contributed by atoms with Gasteiger partial charge in [-0.3, -0.25) is 0 Å². The molecule has 3 N–H and O–H groups in total. The van der Waals surface area contributed by atoms with E-state index in [0.29, 0.717) is 0 Å². The van der Waals surface area contributed by atoms with Crippen LogP contribution in [0.25, 0.3) is 0 Å². The molecule has 0 saturated heterocycles. The third-order valence-electron chi connectivity index (χ3n) is 0. The summed E-state index contributed by atoms with van der Waals surface area (Å²) in [6.45, 7) is 0. The molecule has 0 aliphatic rings. The van der Waals surface area contributed by atoms with Gasteiger partial charge in [-0.05, 0) is 0 Å². The van der Waals surface area contributed by atoms with Crippen molar-refractivity contribution in [3.63, 3.8) is 0 Å². The van der Waals surface area contributed by atoms with Crippen molar-refractivity contribution in [2.75, 3.05) is 0 Å². The van der Waals surface area contributed by atoms with Gasteiger partial charge in [0, 0.05) is 0 Å². The van der Waals surface area contributed by atoms with Gasteiger partial charge in [0.05, 0.1) is 0 Å². The summed E-state index contributed by atoms with van der Waals surface area (Å²) < 4.78 is 0. The minimum Gasteiger partial charge on any atom is -1.00 e. The molecule has 0 amide bonds. The van der Waals surface area contributed by atoms with Crippen molar-refractivity contribution in [1.29, 1.82) is 0 Å². The fraction of sp³-hybridized carbons (Fsp3) is 0. The molecule has 0 bridgehead atoms. The van der Waals surface area contributed by atoms with Gasteiger partial charge in [-0.15, -0.1) is 5.84 Å². The molecule has 0 aromatic rings. The molecule has 0 atom stereocenters. The Morgan fingerprint density at radius 2 is 2.00 bits per heavy atom. The van der Waals surface area contributed by atoms with E-state index in [1.165, 1.54) is 0 Å². The Morgan fingerprint density at radius 3 is 2.00 bits per heavy atom. The normalized spacial score (nSPS) is 4.80. The summed E-state index contributed by atoms with van der Waals surface area (Å²) in [6, 6.07) is 0. The second-order valence-corrected chi connectivity index (χ2v) is 0.303. The predicted molar refractivity (Wildman–Crippen MR) is 17.6 cm³/mol. The molecule has 4 nitrogen and oxygen atoms in total. The zero-order valence-corrected chi connectivity index (χ0v) is 7.03. The molecule has 28 valence electrons. The molecule has 0 heterocycles. The first-order valence-corrected chi connectivity index (χ1v) is 0.641. The van der Waals surface area contributed by atoms with Crippen LogP contribution in [0.5, 0.6) is 0 Å². The summed E-state index contributed by atoms with van der Waals surface area (Å²) in [5.41, 5.74) is 0. The maximum atomic E-state index is 8.69. The van der Waals surface area contributed by atoms with E-state index in [1.807, 2.05) is 0 Å². The molecule has 0 spiro atoms. The number of nitrogens with two attached hydrogens (primary N) is 1. The van der Waals surface area contributed by atoms with Crippen LogP contribution in [0.3, 0.4) is 0 Å². The van der Waals surface area contributed by atoms with E-state index in [9.17, 15) is 0 Å². The minimum atomic E-state index is -0.750. The monoisotopic (exact) mass is 203 g/mol. The predicted octanol–water partition coefficient (Wildman–Crippen LogP) is -1.13. The van der Waals surface area contributed by atoms with Gasteiger partial charge in [0.15, 0.2) is 0 Å². The fourth-order valence-corrected chi connectivity index (χ4v) is 0. The van der Waals surface area contributed by atoms with Gasteiger partial charge >= 0.3 is 53.9 Å². The Hall–Kier alpha value is 0.771. The van der Waals surface area contributed by atoms with Gasteiger partial charge in [0.25, 0.3) is 0 Å². The van der Waals surface area contributed by atoms with Crippen LogP contribution in [0.4, 0.5) is 0 Å². The largest absolute Gasteiger partial charge is 2.00 e. The molecule has 0 fully saturated rings. The maximum Gasteiger partial charge on any atom is 2.00 e. The molecule has 0 aromatic heterocycles. The average molecular weight is 202 g/mol. The van der Waals surface area contributed by atoms with E-state index in [-0.39, 0.29) is 51.7 Å². The molecule has 0 aliphatic heterocycles. The van der Waals surface area contributed by atoms with Crippen molar-refractivity contribution in [3.05, 3.63) is 4.91 Å². The summed E-state index contributed by atoms with van der Waals surface area (Å²) in [7, 11) is 0. The first-order chi connectivity index (χ1) is 1.73. The van der Waals surface area contributed by atoms with Crippen LogP contribution in [0.1, 0.15) is 2.85 Å². The third kappa shape index (κ3) is 61.6. The van der Waals surface area contributed by atoms with Crippen molar-refractivity contribution in [3.8, 4) is 0 Å². The molecule has 0 radical (unpaired) electrons. The molecular weight excluding hydrogens is 197 g/mol. The molecule has 0 aliphatic carbocycles. The van der Waals surface area contributed by atoms with Gasteiger partial charge in [-0.25, -0.2) is 5.21 Å². The van der Waals surface area contributed by atoms with Crippen LogP contribution >= 0.6 is 0 Å². The van der Waals surface area contributed by atoms with Gasteiger partial charge in [-0.2, -0.15) is 0 Å². The van der Waals surface area contributed by atoms with Crippen LogP contribution in [0.15, 0.2) is 0 Å². The zero-order chi connectivity index (χ0) is 3.58. The van der Waals surface area contributed by atoms with Crippen LogP contribution < -0.4 is 5.84 Å². The Morgan fingerprint density at radius 1 is 2.00 bits per heavy atom. The van der Waals surface area contributed by atoms with Gasteiger partial charge in [0.2, 0.25) is 0 Å². The Labute approximate surface area is 71.9 Å². The van der Waals surface area contributed by atoms with Crippen molar-refractivity contribution >= 4 is 48.9 Å². The Bertz CT molecular complexity index is 36.7. The first-order valence-electron chi connectivity index (χ1n) is 0.641. The van der Waals surface area contributed by atoms with E-state index in [0.717, 1.165) is 0 Å². The molecule has 0 saturated carbocycles. The van der Waals surface area contributed by atoms with Crippen molar-refractivity contribution in [1.82, 2.24) is 0 Å². The quantitative estimate of drug-likeness (QED) is 0.297. The summed E-state index contributed by atoms with van der Waals surface area (Å²) in [6.07, 6.45) is 0. The number of rotatable bonds is 0. The summed E-state index contributed by atoms with van der Waals surface area (Å²) >= 11 is 0. The second kappa shape index (κ2) is 4.77. The molecule has 5 heavy (non-hydrogen) atoms. The van der Waals surface area contributed by atoms with E-state index < -0.39 is 5.03 Å². The van der Waals surface area contributed by atoms with E-state index in [4.69, 9.17) is 10.1 Å². The smallest absolute Gasteiger partial charge is 1.00 e. The summed E-state index contributed by atoms with van der Waals surface area (Å²) in [5, 5.41) is 6.36. The second-order valence-electron chi connectivity index (χ2n) is 0.303. The van der Waals surface area contributed by atoms with Crippen LogP contribution in [0, 0.1) is 4.91 Å². The van der Waals surface area contributed by atoms with Crippen LogP contribution in [-0.2, 0) is 0 Å². The van der Waals surface area contributed by atoms with Crippen LogP contribution in [0.2, 0.25) is 0 Å². The topological polar surface area (TPSA) is 66.3 Å². The van der Waals surface area contributed by atoms with Gasteiger partial charge in [0.1, 0.15) is 4.91 Å².